The zero-order valence-corrected chi connectivity index (χ0v) is 12.6. The van der Waals surface area contributed by atoms with Crippen LogP contribution in [0.2, 0.25) is 0 Å². The van der Waals surface area contributed by atoms with Gasteiger partial charge in [-0.1, -0.05) is 12.2 Å². The number of rotatable bonds is 8. The number of hydrogen-bond acceptors (Lipinski definition) is 4. The van der Waals surface area contributed by atoms with Gasteiger partial charge >= 0.3 is 0 Å². The monoisotopic (exact) mass is 285 g/mol. The molecule has 3 N–H and O–H groups in total. The van der Waals surface area contributed by atoms with Crippen LogP contribution in [0.1, 0.15) is 40.0 Å². The number of ether oxygens (including phenoxy) is 1. The molecular formula is C15H27NO4. The number of amides is 1. The molecule has 0 heterocycles. The van der Waals surface area contributed by atoms with E-state index in [1.54, 1.807) is 13.8 Å². The van der Waals surface area contributed by atoms with Gasteiger partial charge in [0.1, 0.15) is 0 Å². The van der Waals surface area contributed by atoms with Crippen molar-refractivity contribution in [3.63, 3.8) is 0 Å². The number of nitrogens with one attached hydrogen (secondary N) is 1. The molecule has 0 spiro atoms. The van der Waals surface area contributed by atoms with Gasteiger partial charge in [-0.3, -0.25) is 4.79 Å². The fourth-order valence-electron chi connectivity index (χ4n) is 2.65. The summed E-state index contributed by atoms with van der Waals surface area (Å²) in [5.41, 5.74) is -1.31. The highest BCUT2D eigenvalue weighted by atomic mass is 16.5. The van der Waals surface area contributed by atoms with Gasteiger partial charge in [0.2, 0.25) is 6.41 Å². The first-order chi connectivity index (χ1) is 9.34. The highest BCUT2D eigenvalue weighted by Crippen LogP contribution is 2.33. The number of allylic oxidation sites excluding steroid dienone is 2. The summed E-state index contributed by atoms with van der Waals surface area (Å²) in [6, 6.07) is -0.491. The molecule has 1 rings (SSSR count). The predicted octanol–water partition coefficient (Wildman–Crippen LogP) is 0.996. The van der Waals surface area contributed by atoms with Crippen molar-refractivity contribution in [2.24, 2.45) is 5.41 Å². The Morgan fingerprint density at radius 2 is 2.20 bits per heavy atom. The molecule has 1 aliphatic rings. The highest BCUT2D eigenvalue weighted by molar-refractivity contribution is 5.47. The standard InChI is InChI=1S/C15H27NO4/c1-12(13(16-11-18)14(2,3)19)20-10-15(9-17)7-5-4-6-8-15/h4-5,11-13,17,19H,6-10H2,1-3H3,(H,16,18)/t12-,13?,15?/m1/s1. The van der Waals surface area contributed by atoms with Crippen molar-refractivity contribution in [2.45, 2.75) is 57.8 Å². The summed E-state index contributed by atoms with van der Waals surface area (Å²) in [7, 11) is 0. The van der Waals surface area contributed by atoms with Crippen molar-refractivity contribution in [1.29, 1.82) is 0 Å². The Morgan fingerprint density at radius 1 is 1.50 bits per heavy atom. The molecule has 0 saturated carbocycles. The number of carbonyl (C=O) groups excluding carboxylic acids is 1. The lowest BCUT2D eigenvalue weighted by Gasteiger charge is -2.37. The van der Waals surface area contributed by atoms with Crippen LogP contribution in [-0.2, 0) is 9.53 Å². The van der Waals surface area contributed by atoms with Gasteiger partial charge in [0, 0.05) is 5.41 Å². The van der Waals surface area contributed by atoms with Crippen LogP contribution in [0, 0.1) is 5.41 Å². The quantitative estimate of drug-likeness (QED) is 0.459. The molecule has 0 bridgehead atoms. The van der Waals surface area contributed by atoms with Gasteiger partial charge in [-0.05, 0) is 40.0 Å². The van der Waals surface area contributed by atoms with Gasteiger partial charge in [0.25, 0.3) is 0 Å². The van der Waals surface area contributed by atoms with E-state index in [2.05, 4.69) is 17.5 Å². The molecule has 0 fully saturated rings. The molecular weight excluding hydrogens is 258 g/mol. The van der Waals surface area contributed by atoms with Gasteiger partial charge in [-0.2, -0.15) is 0 Å². The van der Waals surface area contributed by atoms with E-state index in [0.717, 1.165) is 19.3 Å². The minimum Gasteiger partial charge on any atom is -0.396 e. The molecule has 0 radical (unpaired) electrons. The first kappa shape index (κ1) is 17.1. The molecule has 20 heavy (non-hydrogen) atoms. The van der Waals surface area contributed by atoms with Crippen molar-refractivity contribution in [1.82, 2.24) is 5.32 Å². The number of aliphatic hydroxyl groups is 2. The van der Waals surface area contributed by atoms with Crippen molar-refractivity contribution in [3.05, 3.63) is 12.2 Å². The van der Waals surface area contributed by atoms with E-state index in [0.29, 0.717) is 13.0 Å². The number of carbonyl (C=O) groups is 1. The summed E-state index contributed by atoms with van der Waals surface area (Å²) in [6.07, 6.45) is 7.06. The molecule has 0 aromatic carbocycles. The van der Waals surface area contributed by atoms with Gasteiger partial charge in [-0.25, -0.2) is 0 Å². The Morgan fingerprint density at radius 3 is 2.65 bits per heavy atom. The molecule has 0 saturated heterocycles. The van der Waals surface area contributed by atoms with Crippen molar-refractivity contribution >= 4 is 6.41 Å². The van der Waals surface area contributed by atoms with Crippen molar-refractivity contribution < 1.29 is 19.7 Å². The molecule has 1 amide bonds. The van der Waals surface area contributed by atoms with E-state index in [4.69, 9.17) is 4.74 Å². The minimum atomic E-state index is -1.07. The SMILES string of the molecule is C[C@@H](OCC1(CO)CC=CCC1)C(NC=O)C(C)(C)O. The maximum absolute atomic E-state index is 10.7. The Bertz CT molecular complexity index is 337. The molecule has 3 atom stereocenters. The van der Waals surface area contributed by atoms with E-state index >= 15 is 0 Å². The second kappa shape index (κ2) is 7.20. The summed E-state index contributed by atoms with van der Waals surface area (Å²) < 4.78 is 5.84. The third-order valence-electron chi connectivity index (χ3n) is 4.02. The Hall–Kier alpha value is -0.910. The molecule has 0 aromatic rings. The maximum Gasteiger partial charge on any atom is 0.207 e. The van der Waals surface area contributed by atoms with Crippen molar-refractivity contribution in [2.75, 3.05) is 13.2 Å². The van der Waals surface area contributed by atoms with Crippen LogP contribution in [0.4, 0.5) is 0 Å². The predicted molar refractivity (Wildman–Crippen MR) is 77.2 cm³/mol. The maximum atomic E-state index is 10.7. The molecule has 116 valence electrons. The Balaban J connectivity index is 2.61. The van der Waals surface area contributed by atoms with E-state index in [9.17, 15) is 15.0 Å². The van der Waals surface area contributed by atoms with Gasteiger partial charge in [0.15, 0.2) is 0 Å². The van der Waals surface area contributed by atoms with Gasteiger partial charge in [-0.15, -0.1) is 0 Å². The summed E-state index contributed by atoms with van der Waals surface area (Å²) in [5.74, 6) is 0. The van der Waals surface area contributed by atoms with E-state index in [1.807, 2.05) is 6.92 Å². The normalized spacial score (nSPS) is 26.1. The van der Waals surface area contributed by atoms with Crippen LogP contribution in [0.3, 0.4) is 0 Å². The highest BCUT2D eigenvalue weighted by Gasteiger charge is 2.35. The zero-order valence-electron chi connectivity index (χ0n) is 12.6. The molecule has 2 unspecified atom stereocenters. The lowest BCUT2D eigenvalue weighted by molar-refractivity contribution is -0.117. The fraction of sp³-hybridized carbons (Fsp3) is 0.800. The van der Waals surface area contributed by atoms with Gasteiger partial charge in [0.05, 0.1) is 31.0 Å². The molecule has 5 heteroatoms. The minimum absolute atomic E-state index is 0.0817. The van der Waals surface area contributed by atoms with Crippen LogP contribution in [0.25, 0.3) is 0 Å². The van der Waals surface area contributed by atoms with Crippen LogP contribution >= 0.6 is 0 Å². The van der Waals surface area contributed by atoms with E-state index in [-0.39, 0.29) is 18.1 Å². The summed E-state index contributed by atoms with van der Waals surface area (Å²) >= 11 is 0. The van der Waals surface area contributed by atoms with Crippen LogP contribution in [0.15, 0.2) is 12.2 Å². The van der Waals surface area contributed by atoms with Crippen LogP contribution < -0.4 is 5.32 Å². The third-order valence-corrected chi connectivity index (χ3v) is 4.02. The fourth-order valence-corrected chi connectivity index (χ4v) is 2.65. The Labute approximate surface area is 121 Å². The lowest BCUT2D eigenvalue weighted by atomic mass is 9.78. The first-order valence-corrected chi connectivity index (χ1v) is 7.14. The third kappa shape index (κ3) is 4.58. The number of hydrogen-bond donors (Lipinski definition) is 3. The molecule has 1 aliphatic carbocycles. The molecule has 5 nitrogen and oxygen atoms in total. The largest absolute Gasteiger partial charge is 0.396 e. The van der Waals surface area contributed by atoms with Gasteiger partial charge < -0.3 is 20.3 Å². The molecule has 0 aromatic heterocycles. The second-order valence-electron chi connectivity index (χ2n) is 6.30. The second-order valence-corrected chi connectivity index (χ2v) is 6.30. The summed E-state index contributed by atoms with van der Waals surface area (Å²) in [4.78, 5) is 10.7. The van der Waals surface area contributed by atoms with Crippen LogP contribution in [-0.4, -0.2) is 47.6 Å². The first-order valence-electron chi connectivity index (χ1n) is 7.14. The molecule has 0 aliphatic heterocycles. The average molecular weight is 285 g/mol. The zero-order chi connectivity index (χ0) is 15.2. The van der Waals surface area contributed by atoms with Crippen LogP contribution in [0.5, 0.6) is 0 Å². The van der Waals surface area contributed by atoms with Crippen molar-refractivity contribution in [3.8, 4) is 0 Å². The number of aliphatic hydroxyl groups excluding tert-OH is 1. The summed E-state index contributed by atoms with van der Waals surface area (Å²) in [5, 5.41) is 22.3. The Kier molecular flexibility index (Phi) is 6.17. The topological polar surface area (TPSA) is 78.8 Å². The lowest BCUT2D eigenvalue weighted by Crippen LogP contribution is -2.54. The smallest absolute Gasteiger partial charge is 0.207 e. The summed E-state index contributed by atoms with van der Waals surface area (Å²) in [6.45, 7) is 5.60. The average Bonchev–Trinajstić information content (AvgIpc) is 2.42. The van der Waals surface area contributed by atoms with E-state index in [1.165, 1.54) is 0 Å². The van der Waals surface area contributed by atoms with E-state index < -0.39 is 11.6 Å².